The van der Waals surface area contributed by atoms with Crippen molar-refractivity contribution in [2.75, 3.05) is 18.0 Å². The number of fused-ring (bicyclic) bond motifs is 2. The summed E-state index contributed by atoms with van der Waals surface area (Å²) in [5.41, 5.74) is 1.47. The van der Waals surface area contributed by atoms with E-state index in [1.807, 2.05) is 35.0 Å². The molecule has 8 nitrogen and oxygen atoms in total. The molecule has 2 aromatic carbocycles. The normalized spacial score (nSPS) is 13.1. The highest BCUT2D eigenvalue weighted by Gasteiger charge is 2.37. The van der Waals surface area contributed by atoms with Crippen molar-refractivity contribution in [2.24, 2.45) is 0 Å². The molecule has 0 aliphatic carbocycles. The van der Waals surface area contributed by atoms with Gasteiger partial charge < -0.3 is 4.57 Å². The quantitative estimate of drug-likeness (QED) is 0.408. The lowest BCUT2D eigenvalue weighted by Crippen LogP contribution is -2.43. The standard InChI is InChI=1S/C23H19N5O3S/c29-20(14-28-21(30)16-6-1-2-7-17(16)22(28)31)27(12-5-11-26-13-10-24-15-26)23-25-18-8-3-4-9-19(18)32-23/h1-4,6-10,13,15H,5,11-12,14H2. The summed E-state index contributed by atoms with van der Waals surface area (Å²) in [7, 11) is 0. The Balaban J connectivity index is 1.38. The van der Waals surface area contributed by atoms with Crippen LogP contribution in [0.1, 0.15) is 27.1 Å². The van der Waals surface area contributed by atoms with E-state index < -0.39 is 11.8 Å². The monoisotopic (exact) mass is 445 g/mol. The molecule has 0 saturated carbocycles. The number of para-hydroxylation sites is 1. The minimum Gasteiger partial charge on any atom is -0.337 e. The molecule has 1 aliphatic heterocycles. The Labute approximate surface area is 187 Å². The van der Waals surface area contributed by atoms with Gasteiger partial charge in [0.05, 0.1) is 27.7 Å². The van der Waals surface area contributed by atoms with Gasteiger partial charge in [0.25, 0.3) is 11.8 Å². The van der Waals surface area contributed by atoms with Gasteiger partial charge in [-0.1, -0.05) is 35.6 Å². The number of aryl methyl sites for hydroxylation is 1. The van der Waals surface area contributed by atoms with Crippen LogP contribution in [0.3, 0.4) is 0 Å². The van der Waals surface area contributed by atoms with Gasteiger partial charge in [-0.25, -0.2) is 9.97 Å². The molecule has 5 rings (SSSR count). The molecule has 160 valence electrons. The number of aromatic nitrogens is 3. The Morgan fingerprint density at radius 2 is 1.72 bits per heavy atom. The topological polar surface area (TPSA) is 88.4 Å². The molecule has 0 saturated heterocycles. The van der Waals surface area contributed by atoms with Crippen LogP contribution in [0.25, 0.3) is 10.2 Å². The molecule has 0 atom stereocenters. The van der Waals surface area contributed by atoms with E-state index in [9.17, 15) is 14.4 Å². The lowest BCUT2D eigenvalue weighted by Gasteiger charge is -2.22. The first-order valence-corrected chi connectivity index (χ1v) is 11.0. The van der Waals surface area contributed by atoms with Crippen LogP contribution in [0.2, 0.25) is 0 Å². The van der Waals surface area contributed by atoms with E-state index in [-0.39, 0.29) is 12.5 Å². The van der Waals surface area contributed by atoms with Crippen LogP contribution in [0.5, 0.6) is 0 Å². The maximum atomic E-state index is 13.3. The summed E-state index contributed by atoms with van der Waals surface area (Å²) in [6, 6.07) is 14.3. The van der Waals surface area contributed by atoms with Crippen LogP contribution in [-0.4, -0.2) is 50.2 Å². The van der Waals surface area contributed by atoms with Crippen molar-refractivity contribution in [3.05, 3.63) is 78.4 Å². The number of hydrogen-bond acceptors (Lipinski definition) is 6. The van der Waals surface area contributed by atoms with Gasteiger partial charge in [0.2, 0.25) is 5.91 Å². The number of carbonyl (C=O) groups excluding carboxylic acids is 3. The Morgan fingerprint density at radius 1 is 1.00 bits per heavy atom. The van der Waals surface area contributed by atoms with Gasteiger partial charge in [-0.05, 0) is 30.7 Å². The summed E-state index contributed by atoms with van der Waals surface area (Å²) in [5, 5.41) is 0.554. The third-order valence-corrected chi connectivity index (χ3v) is 6.40. The first-order valence-electron chi connectivity index (χ1n) is 10.2. The summed E-state index contributed by atoms with van der Waals surface area (Å²) in [6.45, 7) is 0.759. The number of amides is 3. The second-order valence-corrected chi connectivity index (χ2v) is 8.41. The zero-order chi connectivity index (χ0) is 22.1. The van der Waals surface area contributed by atoms with Crippen LogP contribution in [-0.2, 0) is 11.3 Å². The number of benzene rings is 2. The fourth-order valence-electron chi connectivity index (χ4n) is 3.74. The van der Waals surface area contributed by atoms with E-state index >= 15 is 0 Å². The van der Waals surface area contributed by atoms with Crippen molar-refractivity contribution >= 4 is 44.4 Å². The first kappa shape index (κ1) is 20.1. The van der Waals surface area contributed by atoms with E-state index in [0.717, 1.165) is 15.1 Å². The molecule has 2 aromatic heterocycles. The molecule has 0 unspecified atom stereocenters. The summed E-state index contributed by atoms with van der Waals surface area (Å²) in [4.78, 5) is 50.0. The molecule has 1 aliphatic rings. The van der Waals surface area contributed by atoms with Crippen LogP contribution < -0.4 is 4.90 Å². The highest BCUT2D eigenvalue weighted by atomic mass is 32.1. The SMILES string of the molecule is O=C1c2ccccc2C(=O)N1CC(=O)N(CCCn1ccnc1)c1nc2ccccc2s1. The average molecular weight is 446 g/mol. The number of imidazole rings is 1. The summed E-state index contributed by atoms with van der Waals surface area (Å²) in [6.07, 6.45) is 5.96. The fraction of sp³-hybridized carbons (Fsp3) is 0.174. The van der Waals surface area contributed by atoms with Crippen molar-refractivity contribution in [3.8, 4) is 0 Å². The first-order chi connectivity index (χ1) is 15.6. The summed E-state index contributed by atoms with van der Waals surface area (Å²) < 4.78 is 2.90. The Kier molecular flexibility index (Phi) is 5.24. The summed E-state index contributed by atoms with van der Waals surface area (Å²) in [5.74, 6) is -1.23. The van der Waals surface area contributed by atoms with Gasteiger partial charge in [0.15, 0.2) is 5.13 Å². The largest absolute Gasteiger partial charge is 0.337 e. The van der Waals surface area contributed by atoms with Crippen LogP contribution in [0, 0.1) is 0 Å². The van der Waals surface area contributed by atoms with Crippen molar-refractivity contribution in [3.63, 3.8) is 0 Å². The lowest BCUT2D eigenvalue weighted by atomic mass is 10.1. The number of carbonyl (C=O) groups is 3. The third kappa shape index (κ3) is 3.67. The van der Waals surface area contributed by atoms with Gasteiger partial charge >= 0.3 is 0 Å². The molecule has 0 N–H and O–H groups in total. The Morgan fingerprint density at radius 3 is 2.41 bits per heavy atom. The average Bonchev–Trinajstić information content (AvgIpc) is 3.53. The second-order valence-electron chi connectivity index (χ2n) is 7.41. The molecule has 9 heteroatoms. The number of thiazole rings is 1. The van der Waals surface area contributed by atoms with E-state index in [4.69, 9.17) is 0 Å². The minimum atomic E-state index is -0.443. The third-order valence-electron chi connectivity index (χ3n) is 5.34. The number of imide groups is 1. The maximum Gasteiger partial charge on any atom is 0.262 e. The van der Waals surface area contributed by atoms with Crippen molar-refractivity contribution in [2.45, 2.75) is 13.0 Å². The second kappa shape index (κ2) is 8.35. The molecule has 4 aromatic rings. The zero-order valence-electron chi connectivity index (χ0n) is 17.0. The molecule has 0 spiro atoms. The number of anilines is 1. The number of hydrogen-bond donors (Lipinski definition) is 0. The van der Waals surface area contributed by atoms with Gasteiger partial charge in [-0.15, -0.1) is 0 Å². The lowest BCUT2D eigenvalue weighted by molar-refractivity contribution is -0.119. The van der Waals surface area contributed by atoms with Gasteiger partial charge in [0, 0.05) is 25.5 Å². The molecular formula is C23H19N5O3S. The Hall–Kier alpha value is -3.85. The molecule has 32 heavy (non-hydrogen) atoms. The molecule has 0 bridgehead atoms. The molecule has 0 fully saturated rings. The molecule has 3 heterocycles. The van der Waals surface area contributed by atoms with Crippen LogP contribution >= 0.6 is 11.3 Å². The molecule has 3 amide bonds. The predicted molar refractivity (Wildman–Crippen MR) is 121 cm³/mol. The molecule has 0 radical (unpaired) electrons. The number of rotatable bonds is 7. The van der Waals surface area contributed by atoms with E-state index in [1.165, 1.54) is 11.3 Å². The van der Waals surface area contributed by atoms with Gasteiger partial charge in [0.1, 0.15) is 6.54 Å². The Bertz CT molecular complexity index is 1250. The van der Waals surface area contributed by atoms with E-state index in [1.54, 1.807) is 41.7 Å². The van der Waals surface area contributed by atoms with Crippen molar-refractivity contribution < 1.29 is 14.4 Å². The van der Waals surface area contributed by atoms with E-state index in [0.29, 0.717) is 35.8 Å². The van der Waals surface area contributed by atoms with Crippen molar-refractivity contribution in [1.82, 2.24) is 19.4 Å². The highest BCUT2D eigenvalue weighted by Crippen LogP contribution is 2.29. The van der Waals surface area contributed by atoms with Crippen LogP contribution in [0.15, 0.2) is 67.3 Å². The maximum absolute atomic E-state index is 13.3. The predicted octanol–water partition coefficient (Wildman–Crippen LogP) is 3.21. The van der Waals surface area contributed by atoms with Gasteiger partial charge in [-0.2, -0.15) is 0 Å². The van der Waals surface area contributed by atoms with Crippen LogP contribution in [0.4, 0.5) is 5.13 Å². The molecular weight excluding hydrogens is 426 g/mol. The smallest absolute Gasteiger partial charge is 0.262 e. The summed E-state index contributed by atoms with van der Waals surface area (Å²) >= 11 is 1.41. The fourth-order valence-corrected chi connectivity index (χ4v) is 4.75. The van der Waals surface area contributed by atoms with Gasteiger partial charge in [-0.3, -0.25) is 24.2 Å². The van der Waals surface area contributed by atoms with Crippen molar-refractivity contribution in [1.29, 1.82) is 0 Å². The van der Waals surface area contributed by atoms with E-state index in [2.05, 4.69) is 9.97 Å². The highest BCUT2D eigenvalue weighted by molar-refractivity contribution is 7.22. The minimum absolute atomic E-state index is 0.326. The zero-order valence-corrected chi connectivity index (χ0v) is 17.9. The number of nitrogens with zero attached hydrogens (tertiary/aromatic N) is 5.